The Kier molecular flexibility index (Phi) is 8.47. The second-order valence-electron chi connectivity index (χ2n) is 8.35. The molecule has 0 saturated heterocycles. The Hall–Kier alpha value is -2.34. The molecule has 2 aromatic carbocycles. The first-order valence-electron chi connectivity index (χ1n) is 10.1. The number of nitrogens with one attached hydrogen (secondary N) is 1. The number of aryl methyl sites for hydroxylation is 1. The van der Waals surface area contributed by atoms with E-state index in [1.54, 1.807) is 17.0 Å². The summed E-state index contributed by atoms with van der Waals surface area (Å²) in [7, 11) is 0. The van der Waals surface area contributed by atoms with Crippen molar-refractivity contribution in [3.8, 4) is 5.75 Å². The van der Waals surface area contributed by atoms with E-state index in [1.165, 1.54) is 0 Å². The van der Waals surface area contributed by atoms with E-state index in [9.17, 15) is 9.59 Å². The van der Waals surface area contributed by atoms with Gasteiger partial charge in [0.2, 0.25) is 5.91 Å². The summed E-state index contributed by atoms with van der Waals surface area (Å²) in [5, 5.41) is 3.01. The molecule has 0 aliphatic heterocycles. The van der Waals surface area contributed by atoms with Gasteiger partial charge in [-0.15, -0.1) is 0 Å². The van der Waals surface area contributed by atoms with Crippen LogP contribution in [0.4, 0.5) is 0 Å². The average Bonchev–Trinajstić information content (AvgIpc) is 2.67. The van der Waals surface area contributed by atoms with E-state index in [4.69, 9.17) is 4.74 Å². The van der Waals surface area contributed by atoms with Crippen LogP contribution in [0.15, 0.2) is 53.0 Å². The quantitative estimate of drug-likeness (QED) is 0.594. The summed E-state index contributed by atoms with van der Waals surface area (Å²) >= 11 is 3.39. The van der Waals surface area contributed by atoms with Crippen LogP contribution in [0.5, 0.6) is 5.75 Å². The van der Waals surface area contributed by atoms with Gasteiger partial charge in [-0.25, -0.2) is 0 Å². The van der Waals surface area contributed by atoms with E-state index in [0.29, 0.717) is 18.7 Å². The number of halogens is 1. The number of ether oxygens (including phenoxy) is 1. The maximum Gasteiger partial charge on any atom is 0.261 e. The van der Waals surface area contributed by atoms with E-state index >= 15 is 0 Å². The maximum atomic E-state index is 13.2. The Morgan fingerprint density at radius 2 is 1.73 bits per heavy atom. The first kappa shape index (κ1) is 23.9. The summed E-state index contributed by atoms with van der Waals surface area (Å²) in [5.41, 5.74) is 1.71. The molecule has 0 spiro atoms. The van der Waals surface area contributed by atoms with Gasteiger partial charge in [-0.05, 0) is 69.5 Å². The molecule has 0 fully saturated rings. The summed E-state index contributed by atoms with van der Waals surface area (Å²) in [6.07, 6.45) is 0.512. The van der Waals surface area contributed by atoms with Crippen LogP contribution in [0.3, 0.4) is 0 Å². The second kappa shape index (κ2) is 10.6. The predicted octanol–water partition coefficient (Wildman–Crippen LogP) is 4.86. The SMILES string of the molecule is CC[C@@H](C(=O)NC(C)(C)C)N(Cc1ccccc1C)C(=O)COc1ccc(Br)cc1. The fourth-order valence-corrected chi connectivity index (χ4v) is 3.37. The van der Waals surface area contributed by atoms with Crippen molar-refractivity contribution >= 4 is 27.7 Å². The molecule has 0 unspecified atom stereocenters. The lowest BCUT2D eigenvalue weighted by Gasteiger charge is -2.33. The van der Waals surface area contributed by atoms with Gasteiger partial charge in [0.05, 0.1) is 0 Å². The van der Waals surface area contributed by atoms with Gasteiger partial charge in [0.25, 0.3) is 5.91 Å². The zero-order valence-corrected chi connectivity index (χ0v) is 20.0. The molecule has 5 nitrogen and oxygen atoms in total. The number of rotatable bonds is 8. The first-order valence-corrected chi connectivity index (χ1v) is 10.9. The second-order valence-corrected chi connectivity index (χ2v) is 9.27. The molecule has 0 radical (unpaired) electrons. The van der Waals surface area contributed by atoms with Crippen molar-refractivity contribution in [2.75, 3.05) is 6.61 Å². The van der Waals surface area contributed by atoms with Gasteiger partial charge in [-0.3, -0.25) is 9.59 Å². The van der Waals surface area contributed by atoms with Crippen molar-refractivity contribution in [2.45, 2.75) is 59.2 Å². The molecule has 0 aliphatic carbocycles. The van der Waals surface area contributed by atoms with Gasteiger partial charge in [-0.1, -0.05) is 47.1 Å². The molecule has 0 aromatic heterocycles. The highest BCUT2D eigenvalue weighted by atomic mass is 79.9. The Labute approximate surface area is 187 Å². The van der Waals surface area contributed by atoms with Gasteiger partial charge in [-0.2, -0.15) is 0 Å². The van der Waals surface area contributed by atoms with Gasteiger partial charge in [0, 0.05) is 16.6 Å². The number of hydrogen-bond donors (Lipinski definition) is 1. The van der Waals surface area contributed by atoms with Gasteiger partial charge in [0.15, 0.2) is 6.61 Å². The highest BCUT2D eigenvalue weighted by molar-refractivity contribution is 9.10. The van der Waals surface area contributed by atoms with Crippen molar-refractivity contribution < 1.29 is 14.3 Å². The van der Waals surface area contributed by atoms with Crippen molar-refractivity contribution in [1.29, 1.82) is 0 Å². The Morgan fingerprint density at radius 1 is 1.10 bits per heavy atom. The lowest BCUT2D eigenvalue weighted by molar-refractivity contribution is -0.143. The van der Waals surface area contributed by atoms with E-state index in [2.05, 4.69) is 21.2 Å². The molecule has 2 rings (SSSR count). The van der Waals surface area contributed by atoms with Crippen LogP contribution in [0.1, 0.15) is 45.2 Å². The molecule has 0 bridgehead atoms. The maximum absolute atomic E-state index is 13.2. The lowest BCUT2D eigenvalue weighted by atomic mass is 10.0. The third-order valence-electron chi connectivity index (χ3n) is 4.66. The smallest absolute Gasteiger partial charge is 0.261 e. The van der Waals surface area contributed by atoms with Crippen LogP contribution in [0.25, 0.3) is 0 Å². The molecular weight excluding hydrogens is 444 g/mol. The molecular formula is C24H31BrN2O3. The molecule has 1 atom stereocenters. The number of amides is 2. The molecule has 2 amide bonds. The monoisotopic (exact) mass is 474 g/mol. The minimum Gasteiger partial charge on any atom is -0.484 e. The van der Waals surface area contributed by atoms with Crippen LogP contribution in [-0.4, -0.2) is 34.9 Å². The van der Waals surface area contributed by atoms with E-state index in [0.717, 1.165) is 15.6 Å². The summed E-state index contributed by atoms with van der Waals surface area (Å²) in [4.78, 5) is 27.8. The Morgan fingerprint density at radius 3 is 2.30 bits per heavy atom. The predicted molar refractivity (Wildman–Crippen MR) is 123 cm³/mol. The molecule has 1 N–H and O–H groups in total. The van der Waals surface area contributed by atoms with Crippen LogP contribution in [0, 0.1) is 6.92 Å². The fourth-order valence-electron chi connectivity index (χ4n) is 3.10. The third kappa shape index (κ3) is 7.17. The molecule has 0 saturated carbocycles. The molecule has 0 aliphatic rings. The van der Waals surface area contributed by atoms with Crippen molar-refractivity contribution in [2.24, 2.45) is 0 Å². The highest BCUT2D eigenvalue weighted by Crippen LogP contribution is 2.19. The van der Waals surface area contributed by atoms with Crippen LogP contribution in [-0.2, 0) is 16.1 Å². The third-order valence-corrected chi connectivity index (χ3v) is 5.19. The normalized spacial score (nSPS) is 12.2. The van der Waals surface area contributed by atoms with Gasteiger partial charge in [0.1, 0.15) is 11.8 Å². The van der Waals surface area contributed by atoms with Crippen molar-refractivity contribution in [3.63, 3.8) is 0 Å². The average molecular weight is 475 g/mol. The molecule has 6 heteroatoms. The summed E-state index contributed by atoms with van der Waals surface area (Å²) in [6.45, 7) is 9.94. The summed E-state index contributed by atoms with van der Waals surface area (Å²) in [5.74, 6) is 0.224. The van der Waals surface area contributed by atoms with E-state index in [1.807, 2.05) is 71.0 Å². The summed E-state index contributed by atoms with van der Waals surface area (Å²) in [6, 6.07) is 14.6. The van der Waals surface area contributed by atoms with E-state index < -0.39 is 6.04 Å². The first-order chi connectivity index (χ1) is 14.1. The number of carbonyl (C=O) groups excluding carboxylic acids is 2. The summed E-state index contributed by atoms with van der Waals surface area (Å²) < 4.78 is 6.64. The number of carbonyl (C=O) groups is 2. The minimum absolute atomic E-state index is 0.132. The van der Waals surface area contributed by atoms with Crippen LogP contribution < -0.4 is 10.1 Å². The standard InChI is InChI=1S/C24H31BrN2O3/c1-6-21(23(29)26-24(3,4)5)27(15-18-10-8-7-9-17(18)2)22(28)16-30-20-13-11-19(25)12-14-20/h7-14,21H,6,15-16H2,1-5H3,(H,26,29)/t21-/m0/s1. The van der Waals surface area contributed by atoms with Crippen molar-refractivity contribution in [1.82, 2.24) is 10.2 Å². The highest BCUT2D eigenvalue weighted by Gasteiger charge is 2.31. The number of benzene rings is 2. The van der Waals surface area contributed by atoms with Crippen LogP contribution >= 0.6 is 15.9 Å². The number of hydrogen-bond acceptors (Lipinski definition) is 3. The number of nitrogens with zero attached hydrogens (tertiary/aromatic N) is 1. The van der Waals surface area contributed by atoms with Gasteiger partial charge < -0.3 is 15.0 Å². The lowest BCUT2D eigenvalue weighted by Crippen LogP contribution is -2.54. The van der Waals surface area contributed by atoms with Crippen molar-refractivity contribution in [3.05, 3.63) is 64.1 Å². The minimum atomic E-state index is -0.579. The fraction of sp³-hybridized carbons (Fsp3) is 0.417. The van der Waals surface area contributed by atoms with Crippen LogP contribution in [0.2, 0.25) is 0 Å². The molecule has 30 heavy (non-hydrogen) atoms. The Balaban J connectivity index is 2.24. The molecule has 162 valence electrons. The Bertz CT molecular complexity index is 859. The largest absolute Gasteiger partial charge is 0.484 e. The zero-order valence-electron chi connectivity index (χ0n) is 18.4. The van der Waals surface area contributed by atoms with E-state index in [-0.39, 0.29) is 24.0 Å². The molecule has 2 aromatic rings. The van der Waals surface area contributed by atoms with Gasteiger partial charge >= 0.3 is 0 Å². The zero-order chi connectivity index (χ0) is 22.3. The molecule has 0 heterocycles. The topological polar surface area (TPSA) is 58.6 Å².